The Morgan fingerprint density at radius 2 is 1.59 bits per heavy atom. The van der Waals surface area contributed by atoms with Crippen LogP contribution in [0.15, 0.2) is 48.5 Å². The van der Waals surface area contributed by atoms with Crippen LogP contribution in [0.4, 0.5) is 0 Å². The molecule has 0 aromatic heterocycles. The Kier molecular flexibility index (Phi) is 8.40. The molecule has 0 radical (unpaired) electrons. The van der Waals surface area contributed by atoms with Gasteiger partial charge in [0.05, 0.1) is 0 Å². The maximum absolute atomic E-state index is 12.2. The second-order valence-electron chi connectivity index (χ2n) is 7.03. The van der Waals surface area contributed by atoms with Crippen LogP contribution < -0.4 is 10.1 Å². The van der Waals surface area contributed by atoms with Gasteiger partial charge >= 0.3 is 5.97 Å². The van der Waals surface area contributed by atoms with E-state index in [-0.39, 0.29) is 24.9 Å². The highest BCUT2D eigenvalue weighted by atomic mass is 16.6. The van der Waals surface area contributed by atoms with Crippen molar-refractivity contribution in [2.45, 2.75) is 33.1 Å². The lowest BCUT2D eigenvalue weighted by molar-refractivity contribution is -0.144. The summed E-state index contributed by atoms with van der Waals surface area (Å²) in [5, 5.41) is 2.72. The van der Waals surface area contributed by atoms with Crippen LogP contribution in [-0.4, -0.2) is 37.4 Å². The lowest BCUT2D eigenvalue weighted by atomic mass is 10.0. The number of carbonyl (C=O) groups is 3. The van der Waals surface area contributed by atoms with Gasteiger partial charge in [-0.2, -0.15) is 0 Å². The number of rotatable bonds is 10. The van der Waals surface area contributed by atoms with E-state index < -0.39 is 5.97 Å². The highest BCUT2D eigenvalue weighted by Gasteiger charge is 2.11. The first-order chi connectivity index (χ1) is 13.8. The summed E-state index contributed by atoms with van der Waals surface area (Å²) in [5.41, 5.74) is 2.65. The van der Waals surface area contributed by atoms with Crippen LogP contribution in [0.25, 0.3) is 0 Å². The van der Waals surface area contributed by atoms with Crippen LogP contribution in [0.2, 0.25) is 0 Å². The van der Waals surface area contributed by atoms with Gasteiger partial charge in [-0.3, -0.25) is 9.59 Å². The number of hydrogen-bond acceptors (Lipinski definition) is 5. The van der Waals surface area contributed by atoms with Crippen LogP contribution in [0.1, 0.15) is 48.2 Å². The van der Waals surface area contributed by atoms with Gasteiger partial charge in [0, 0.05) is 19.0 Å². The highest BCUT2D eigenvalue weighted by Crippen LogP contribution is 2.18. The largest absolute Gasteiger partial charge is 0.482 e. The Hall–Kier alpha value is -3.15. The molecule has 0 fully saturated rings. The second kappa shape index (κ2) is 11.0. The molecule has 0 spiro atoms. The molecular formula is C23H27NO5. The Balaban J connectivity index is 1.73. The molecule has 0 aliphatic heterocycles. The molecule has 29 heavy (non-hydrogen) atoms. The van der Waals surface area contributed by atoms with Crippen LogP contribution in [0, 0.1) is 0 Å². The van der Waals surface area contributed by atoms with Gasteiger partial charge in [0.1, 0.15) is 5.75 Å². The molecule has 2 aromatic carbocycles. The third-order valence-electron chi connectivity index (χ3n) is 4.33. The summed E-state index contributed by atoms with van der Waals surface area (Å²) in [4.78, 5) is 34.8. The minimum atomic E-state index is -0.599. The van der Waals surface area contributed by atoms with Crippen molar-refractivity contribution >= 4 is 17.7 Å². The molecule has 0 atom stereocenters. The Morgan fingerprint density at radius 3 is 2.17 bits per heavy atom. The number of ether oxygens (including phenoxy) is 2. The van der Waals surface area contributed by atoms with E-state index in [1.807, 2.05) is 24.3 Å². The molecule has 1 amide bonds. The molecule has 2 rings (SSSR count). The van der Waals surface area contributed by atoms with E-state index in [2.05, 4.69) is 19.2 Å². The van der Waals surface area contributed by atoms with Gasteiger partial charge in [0.15, 0.2) is 19.0 Å². The lowest BCUT2D eigenvalue weighted by Gasteiger charge is -2.09. The molecule has 6 nitrogen and oxygen atoms in total. The molecular weight excluding hydrogens is 370 g/mol. The molecule has 0 aliphatic carbocycles. The van der Waals surface area contributed by atoms with Gasteiger partial charge in [-0.15, -0.1) is 0 Å². The average molecular weight is 397 g/mol. The summed E-state index contributed by atoms with van der Waals surface area (Å²) in [7, 11) is 0. The quantitative estimate of drug-likeness (QED) is 0.491. The average Bonchev–Trinajstić information content (AvgIpc) is 2.71. The molecule has 154 valence electrons. The van der Waals surface area contributed by atoms with E-state index in [1.54, 1.807) is 24.3 Å². The zero-order valence-corrected chi connectivity index (χ0v) is 17.1. The first-order valence-corrected chi connectivity index (χ1v) is 9.60. The number of esters is 1. The van der Waals surface area contributed by atoms with Crippen LogP contribution >= 0.6 is 0 Å². The van der Waals surface area contributed by atoms with Crippen molar-refractivity contribution in [1.82, 2.24) is 5.32 Å². The number of Topliss-reactive ketones (excluding diaryl/α,β-unsaturated/α-hetero) is 1. The van der Waals surface area contributed by atoms with Gasteiger partial charge in [-0.05, 0) is 35.6 Å². The van der Waals surface area contributed by atoms with Crippen LogP contribution in [-0.2, 0) is 20.7 Å². The van der Waals surface area contributed by atoms with E-state index >= 15 is 0 Å². The van der Waals surface area contributed by atoms with Gasteiger partial charge < -0.3 is 14.8 Å². The summed E-state index contributed by atoms with van der Waals surface area (Å²) in [6.45, 7) is 5.63. The fraction of sp³-hybridized carbons (Fsp3) is 0.348. The van der Waals surface area contributed by atoms with Gasteiger partial charge in [-0.25, -0.2) is 4.79 Å². The minimum Gasteiger partial charge on any atom is -0.482 e. The first kappa shape index (κ1) is 22.1. The van der Waals surface area contributed by atoms with Crippen molar-refractivity contribution in [3.05, 3.63) is 65.2 Å². The SMILES string of the molecule is CC(=O)NCCc1ccc(C(=O)COC(=O)COc2ccc(C(C)C)cc2)cc1. The molecule has 0 unspecified atom stereocenters. The number of ketones is 1. The van der Waals surface area contributed by atoms with Crippen molar-refractivity contribution in [3.8, 4) is 5.75 Å². The second-order valence-corrected chi connectivity index (χ2v) is 7.03. The van der Waals surface area contributed by atoms with Crippen LogP contribution in [0.3, 0.4) is 0 Å². The summed E-state index contributed by atoms with van der Waals surface area (Å²) in [6, 6.07) is 14.5. The standard InChI is InChI=1S/C23H27NO5/c1-16(2)19-8-10-21(11-9-19)28-15-23(27)29-14-22(26)20-6-4-18(5-7-20)12-13-24-17(3)25/h4-11,16H,12-15H2,1-3H3,(H,24,25). The number of benzene rings is 2. The van der Waals surface area contributed by atoms with Crippen molar-refractivity contribution in [1.29, 1.82) is 0 Å². The maximum atomic E-state index is 12.2. The van der Waals surface area contributed by atoms with Crippen molar-refractivity contribution in [3.63, 3.8) is 0 Å². The summed E-state index contributed by atoms with van der Waals surface area (Å²) in [5.74, 6) is 0.0419. The number of nitrogens with one attached hydrogen (secondary N) is 1. The maximum Gasteiger partial charge on any atom is 0.344 e. The molecule has 1 N–H and O–H groups in total. The molecule has 0 saturated carbocycles. The number of carbonyl (C=O) groups excluding carboxylic acids is 3. The lowest BCUT2D eigenvalue weighted by Crippen LogP contribution is -2.22. The van der Waals surface area contributed by atoms with E-state index in [0.717, 1.165) is 5.56 Å². The Morgan fingerprint density at radius 1 is 0.931 bits per heavy atom. The molecule has 6 heteroatoms. The fourth-order valence-electron chi connectivity index (χ4n) is 2.60. The van der Waals surface area contributed by atoms with Crippen molar-refractivity contribution in [2.75, 3.05) is 19.8 Å². The van der Waals surface area contributed by atoms with Gasteiger partial charge in [0.2, 0.25) is 5.91 Å². The predicted molar refractivity (Wildman–Crippen MR) is 110 cm³/mol. The van der Waals surface area contributed by atoms with Crippen molar-refractivity contribution < 1.29 is 23.9 Å². The summed E-state index contributed by atoms with van der Waals surface area (Å²) < 4.78 is 10.4. The van der Waals surface area contributed by atoms with E-state index in [4.69, 9.17) is 9.47 Å². The first-order valence-electron chi connectivity index (χ1n) is 9.60. The van der Waals surface area contributed by atoms with Crippen molar-refractivity contribution in [2.24, 2.45) is 0 Å². The van der Waals surface area contributed by atoms with Crippen LogP contribution in [0.5, 0.6) is 5.75 Å². The van der Waals surface area contributed by atoms with E-state index in [0.29, 0.717) is 30.2 Å². The Labute approximate surface area is 171 Å². The molecule has 0 heterocycles. The number of amides is 1. The zero-order valence-electron chi connectivity index (χ0n) is 17.1. The predicted octanol–water partition coefficient (Wildman–Crippen LogP) is 3.29. The third-order valence-corrected chi connectivity index (χ3v) is 4.33. The van der Waals surface area contributed by atoms with E-state index in [9.17, 15) is 14.4 Å². The Bertz CT molecular complexity index is 825. The summed E-state index contributed by atoms with van der Waals surface area (Å²) >= 11 is 0. The van der Waals surface area contributed by atoms with Gasteiger partial charge in [-0.1, -0.05) is 50.2 Å². The minimum absolute atomic E-state index is 0.0739. The third kappa shape index (κ3) is 7.78. The highest BCUT2D eigenvalue weighted by molar-refractivity contribution is 5.98. The molecule has 2 aromatic rings. The number of hydrogen-bond donors (Lipinski definition) is 1. The topological polar surface area (TPSA) is 81.7 Å². The smallest absolute Gasteiger partial charge is 0.344 e. The molecule has 0 aliphatic rings. The molecule has 0 bridgehead atoms. The summed E-state index contributed by atoms with van der Waals surface area (Å²) in [6.07, 6.45) is 0.679. The molecule has 0 saturated heterocycles. The monoisotopic (exact) mass is 397 g/mol. The van der Waals surface area contributed by atoms with Gasteiger partial charge in [0.25, 0.3) is 0 Å². The van der Waals surface area contributed by atoms with E-state index in [1.165, 1.54) is 12.5 Å². The fourth-order valence-corrected chi connectivity index (χ4v) is 2.60. The normalized spacial score (nSPS) is 10.5. The zero-order chi connectivity index (χ0) is 21.2.